The summed E-state index contributed by atoms with van der Waals surface area (Å²) in [5.41, 5.74) is 0.926. The molecule has 0 aliphatic heterocycles. The average Bonchev–Trinajstić information content (AvgIpc) is 2.52. The maximum absolute atomic E-state index is 5.28. The van der Waals surface area contributed by atoms with Gasteiger partial charge in [-0.05, 0) is 18.2 Å². The van der Waals surface area contributed by atoms with Gasteiger partial charge in [0.1, 0.15) is 0 Å². The van der Waals surface area contributed by atoms with Gasteiger partial charge in [-0.3, -0.25) is 0 Å². The van der Waals surface area contributed by atoms with Crippen LogP contribution in [-0.4, -0.2) is 10.2 Å². The molecule has 66 valence electrons. The Morgan fingerprint density at radius 3 is 2.77 bits per heavy atom. The van der Waals surface area contributed by atoms with E-state index < -0.39 is 0 Å². The third-order valence-corrected chi connectivity index (χ3v) is 2.09. The lowest BCUT2D eigenvalue weighted by Gasteiger charge is -1.93. The third-order valence-electron chi connectivity index (χ3n) is 1.60. The molecular formula is C9H7BrN2O. The molecule has 1 aromatic heterocycles. The van der Waals surface area contributed by atoms with Gasteiger partial charge in [-0.25, -0.2) is 0 Å². The summed E-state index contributed by atoms with van der Waals surface area (Å²) in [4.78, 5) is 0. The molecule has 1 heterocycles. The van der Waals surface area contributed by atoms with Crippen molar-refractivity contribution in [3.8, 4) is 11.5 Å². The van der Waals surface area contributed by atoms with Gasteiger partial charge in [-0.15, -0.1) is 10.2 Å². The van der Waals surface area contributed by atoms with Gasteiger partial charge < -0.3 is 4.42 Å². The molecule has 2 aromatic rings. The Morgan fingerprint density at radius 2 is 2.15 bits per heavy atom. The van der Waals surface area contributed by atoms with Crippen molar-refractivity contribution in [2.24, 2.45) is 0 Å². The van der Waals surface area contributed by atoms with E-state index in [2.05, 4.69) is 26.1 Å². The van der Waals surface area contributed by atoms with Crippen LogP contribution in [0.3, 0.4) is 0 Å². The summed E-state index contributed by atoms with van der Waals surface area (Å²) in [6.07, 6.45) is 0. The number of halogens is 1. The smallest absolute Gasteiger partial charge is 0.247 e. The minimum absolute atomic E-state index is 0.554. The van der Waals surface area contributed by atoms with Crippen LogP contribution in [0.15, 0.2) is 33.2 Å². The second-order valence-electron chi connectivity index (χ2n) is 2.64. The third kappa shape index (κ3) is 1.78. The molecule has 0 atom stereocenters. The SMILES string of the molecule is Cc1nnc(-c2cccc(Br)c2)o1. The van der Waals surface area contributed by atoms with Crippen molar-refractivity contribution >= 4 is 15.9 Å². The Balaban J connectivity index is 2.46. The van der Waals surface area contributed by atoms with Gasteiger partial charge in [0, 0.05) is 17.0 Å². The van der Waals surface area contributed by atoms with Gasteiger partial charge in [0.25, 0.3) is 0 Å². The first-order valence-electron chi connectivity index (χ1n) is 3.82. The normalized spacial score (nSPS) is 10.3. The Hall–Kier alpha value is -1.16. The topological polar surface area (TPSA) is 38.9 Å². The second-order valence-corrected chi connectivity index (χ2v) is 3.55. The predicted molar refractivity (Wildman–Crippen MR) is 52.2 cm³/mol. The molecule has 4 heteroatoms. The van der Waals surface area contributed by atoms with E-state index >= 15 is 0 Å². The average molecular weight is 239 g/mol. The molecule has 13 heavy (non-hydrogen) atoms. The second kappa shape index (κ2) is 3.30. The first kappa shape index (κ1) is 8.44. The van der Waals surface area contributed by atoms with Crippen molar-refractivity contribution in [2.45, 2.75) is 6.92 Å². The van der Waals surface area contributed by atoms with Gasteiger partial charge in [-0.2, -0.15) is 0 Å². The largest absolute Gasteiger partial charge is 0.421 e. The fourth-order valence-electron chi connectivity index (χ4n) is 1.03. The fourth-order valence-corrected chi connectivity index (χ4v) is 1.43. The highest BCUT2D eigenvalue weighted by atomic mass is 79.9. The summed E-state index contributed by atoms with van der Waals surface area (Å²) in [7, 11) is 0. The number of nitrogens with zero attached hydrogens (tertiary/aromatic N) is 2. The first-order valence-corrected chi connectivity index (χ1v) is 4.61. The highest BCUT2D eigenvalue weighted by Crippen LogP contribution is 2.21. The maximum Gasteiger partial charge on any atom is 0.247 e. The van der Waals surface area contributed by atoms with Crippen LogP contribution in [0.2, 0.25) is 0 Å². The summed E-state index contributed by atoms with van der Waals surface area (Å²) in [6, 6.07) is 7.75. The van der Waals surface area contributed by atoms with Crippen molar-refractivity contribution in [2.75, 3.05) is 0 Å². The number of aryl methyl sites for hydroxylation is 1. The van der Waals surface area contributed by atoms with E-state index in [9.17, 15) is 0 Å². The molecule has 0 saturated carbocycles. The molecule has 0 unspecified atom stereocenters. The molecule has 0 amide bonds. The van der Waals surface area contributed by atoms with E-state index in [4.69, 9.17) is 4.42 Å². The van der Waals surface area contributed by atoms with Crippen molar-refractivity contribution in [1.82, 2.24) is 10.2 Å². The van der Waals surface area contributed by atoms with E-state index in [0.29, 0.717) is 11.8 Å². The zero-order chi connectivity index (χ0) is 9.26. The van der Waals surface area contributed by atoms with Gasteiger partial charge in [0.2, 0.25) is 11.8 Å². The van der Waals surface area contributed by atoms with E-state index in [0.717, 1.165) is 10.0 Å². The molecule has 1 aromatic carbocycles. The van der Waals surface area contributed by atoms with Gasteiger partial charge in [0.15, 0.2) is 0 Å². The highest BCUT2D eigenvalue weighted by molar-refractivity contribution is 9.10. The van der Waals surface area contributed by atoms with Crippen LogP contribution >= 0.6 is 15.9 Å². The number of hydrogen-bond acceptors (Lipinski definition) is 3. The Labute approximate surface area is 83.9 Å². The highest BCUT2D eigenvalue weighted by Gasteiger charge is 2.04. The van der Waals surface area contributed by atoms with Crippen LogP contribution < -0.4 is 0 Å². The van der Waals surface area contributed by atoms with Crippen LogP contribution in [0.25, 0.3) is 11.5 Å². The van der Waals surface area contributed by atoms with Crippen LogP contribution in [0, 0.1) is 6.92 Å². The number of benzene rings is 1. The standard InChI is InChI=1S/C9H7BrN2O/c1-6-11-12-9(13-6)7-3-2-4-8(10)5-7/h2-5H,1H3. The van der Waals surface area contributed by atoms with Crippen molar-refractivity contribution < 1.29 is 4.42 Å². The molecule has 0 aliphatic rings. The van der Waals surface area contributed by atoms with Crippen LogP contribution in [-0.2, 0) is 0 Å². The lowest BCUT2D eigenvalue weighted by atomic mass is 10.2. The zero-order valence-electron chi connectivity index (χ0n) is 6.99. The quantitative estimate of drug-likeness (QED) is 0.767. The van der Waals surface area contributed by atoms with E-state index in [-0.39, 0.29) is 0 Å². The Kier molecular flexibility index (Phi) is 2.14. The van der Waals surface area contributed by atoms with Crippen molar-refractivity contribution in [3.63, 3.8) is 0 Å². The van der Waals surface area contributed by atoms with Crippen LogP contribution in [0.4, 0.5) is 0 Å². The van der Waals surface area contributed by atoms with Crippen LogP contribution in [0.5, 0.6) is 0 Å². The molecule has 3 nitrogen and oxygen atoms in total. The van der Waals surface area contributed by atoms with Crippen molar-refractivity contribution in [3.05, 3.63) is 34.6 Å². The maximum atomic E-state index is 5.28. The summed E-state index contributed by atoms with van der Waals surface area (Å²) >= 11 is 3.38. The summed E-state index contributed by atoms with van der Waals surface area (Å²) in [6.45, 7) is 1.77. The van der Waals surface area contributed by atoms with E-state index in [1.807, 2.05) is 24.3 Å². The van der Waals surface area contributed by atoms with Crippen LogP contribution in [0.1, 0.15) is 5.89 Å². The summed E-state index contributed by atoms with van der Waals surface area (Å²) in [5, 5.41) is 7.68. The molecule has 0 saturated heterocycles. The lowest BCUT2D eigenvalue weighted by molar-refractivity contribution is 0.533. The van der Waals surface area contributed by atoms with E-state index in [1.165, 1.54) is 0 Å². The van der Waals surface area contributed by atoms with Gasteiger partial charge in [-0.1, -0.05) is 22.0 Å². The molecular weight excluding hydrogens is 232 g/mol. The van der Waals surface area contributed by atoms with E-state index in [1.54, 1.807) is 6.92 Å². The number of hydrogen-bond donors (Lipinski definition) is 0. The molecule has 0 aliphatic carbocycles. The monoisotopic (exact) mass is 238 g/mol. The Bertz CT molecular complexity index is 425. The zero-order valence-corrected chi connectivity index (χ0v) is 8.58. The van der Waals surface area contributed by atoms with Gasteiger partial charge >= 0.3 is 0 Å². The summed E-state index contributed by atoms with van der Waals surface area (Å²) in [5.74, 6) is 1.13. The molecule has 0 radical (unpaired) electrons. The predicted octanol–water partition coefficient (Wildman–Crippen LogP) is 2.81. The molecule has 0 spiro atoms. The number of aromatic nitrogens is 2. The molecule has 0 fully saturated rings. The minimum Gasteiger partial charge on any atom is -0.421 e. The first-order chi connectivity index (χ1) is 6.25. The fraction of sp³-hybridized carbons (Fsp3) is 0.111. The van der Waals surface area contributed by atoms with Crippen molar-refractivity contribution in [1.29, 1.82) is 0 Å². The summed E-state index contributed by atoms with van der Waals surface area (Å²) < 4.78 is 6.28. The molecule has 2 rings (SSSR count). The lowest BCUT2D eigenvalue weighted by Crippen LogP contribution is -1.76. The molecule has 0 bridgehead atoms. The molecule has 0 N–H and O–H groups in total. The Morgan fingerprint density at radius 1 is 1.31 bits per heavy atom. The van der Waals surface area contributed by atoms with Gasteiger partial charge in [0.05, 0.1) is 0 Å². The minimum atomic E-state index is 0.554. The number of rotatable bonds is 1.